The van der Waals surface area contributed by atoms with Gasteiger partial charge in [-0.15, -0.1) is 0 Å². The molecule has 3 rings (SSSR count). The lowest BCUT2D eigenvalue weighted by Gasteiger charge is -2.23. The zero-order chi connectivity index (χ0) is 18.7. The zero-order valence-electron chi connectivity index (χ0n) is 14.5. The molecule has 5 nitrogen and oxygen atoms in total. The van der Waals surface area contributed by atoms with Crippen molar-refractivity contribution in [1.82, 2.24) is 4.98 Å². The van der Waals surface area contributed by atoms with E-state index in [0.717, 1.165) is 15.4 Å². The van der Waals surface area contributed by atoms with Crippen LogP contribution in [0.2, 0.25) is 0 Å². The highest BCUT2D eigenvalue weighted by Crippen LogP contribution is 2.26. The van der Waals surface area contributed by atoms with Crippen molar-refractivity contribution in [3.05, 3.63) is 89.7 Å². The second kappa shape index (κ2) is 7.09. The number of amides is 1. The van der Waals surface area contributed by atoms with Gasteiger partial charge in [0.05, 0.1) is 16.1 Å². The van der Waals surface area contributed by atoms with Gasteiger partial charge in [0.25, 0.3) is 15.9 Å². The number of carbonyl (C=O) groups is 1. The molecular weight excluding hydrogens is 348 g/mol. The van der Waals surface area contributed by atoms with Crippen molar-refractivity contribution in [1.29, 1.82) is 0 Å². The number of benzene rings is 2. The Hall–Kier alpha value is -2.99. The fourth-order valence-electron chi connectivity index (χ4n) is 2.47. The molecule has 0 aliphatic carbocycles. The number of rotatable bonds is 4. The maximum atomic E-state index is 13.2. The van der Waals surface area contributed by atoms with Crippen LogP contribution in [0.5, 0.6) is 0 Å². The first-order valence-corrected chi connectivity index (χ1v) is 9.46. The van der Waals surface area contributed by atoms with Crippen molar-refractivity contribution in [2.24, 2.45) is 0 Å². The Morgan fingerprint density at radius 1 is 0.885 bits per heavy atom. The number of aromatic nitrogens is 1. The molecule has 0 aliphatic rings. The van der Waals surface area contributed by atoms with Crippen LogP contribution in [0.3, 0.4) is 0 Å². The summed E-state index contributed by atoms with van der Waals surface area (Å²) in [5, 5.41) is 0. The molecule has 0 saturated heterocycles. The molecule has 132 valence electrons. The van der Waals surface area contributed by atoms with E-state index in [-0.39, 0.29) is 16.1 Å². The van der Waals surface area contributed by atoms with Crippen molar-refractivity contribution in [2.75, 3.05) is 4.31 Å². The molecule has 0 atom stereocenters. The quantitative estimate of drug-likeness (QED) is 0.705. The highest BCUT2D eigenvalue weighted by Gasteiger charge is 2.31. The van der Waals surface area contributed by atoms with E-state index in [0.29, 0.717) is 0 Å². The molecule has 0 aliphatic heterocycles. The summed E-state index contributed by atoms with van der Waals surface area (Å²) in [7, 11) is -4.08. The Morgan fingerprint density at radius 3 is 2.00 bits per heavy atom. The lowest BCUT2D eigenvalue weighted by molar-refractivity contribution is 0.100. The Morgan fingerprint density at radius 2 is 1.46 bits per heavy atom. The summed E-state index contributed by atoms with van der Waals surface area (Å²) in [6.07, 6.45) is 2.88. The van der Waals surface area contributed by atoms with Gasteiger partial charge < -0.3 is 0 Å². The first-order chi connectivity index (χ1) is 12.4. The monoisotopic (exact) mass is 366 g/mol. The maximum absolute atomic E-state index is 13.2. The summed E-state index contributed by atoms with van der Waals surface area (Å²) in [6.45, 7) is 3.76. The van der Waals surface area contributed by atoms with E-state index in [2.05, 4.69) is 4.98 Å². The standard InChI is InChI=1S/C20H18N2O3S/c1-15-5-9-18(10-6-15)22(20(23)17-4-3-13-21-14-17)26(24,25)19-11-7-16(2)8-12-19/h3-14H,1-2H3. The van der Waals surface area contributed by atoms with E-state index in [1.54, 1.807) is 48.5 Å². The van der Waals surface area contributed by atoms with Gasteiger partial charge >= 0.3 is 0 Å². The van der Waals surface area contributed by atoms with Gasteiger partial charge in [0.2, 0.25) is 0 Å². The largest absolute Gasteiger partial charge is 0.273 e. The molecule has 0 saturated carbocycles. The van der Waals surface area contributed by atoms with Crippen LogP contribution in [-0.4, -0.2) is 19.3 Å². The molecule has 6 heteroatoms. The summed E-state index contributed by atoms with van der Waals surface area (Å²) in [5.74, 6) is -0.650. The second-order valence-corrected chi connectivity index (χ2v) is 7.75. The number of aryl methyl sites for hydroxylation is 2. The SMILES string of the molecule is Cc1ccc(N(C(=O)c2cccnc2)S(=O)(=O)c2ccc(C)cc2)cc1. The van der Waals surface area contributed by atoms with Crippen LogP contribution >= 0.6 is 0 Å². The third-order valence-electron chi connectivity index (χ3n) is 3.92. The Bertz CT molecular complexity index is 1010. The predicted octanol–water partition coefficient (Wildman–Crippen LogP) is 3.73. The molecule has 1 heterocycles. The van der Waals surface area contributed by atoms with E-state index < -0.39 is 15.9 Å². The zero-order valence-corrected chi connectivity index (χ0v) is 15.3. The van der Waals surface area contributed by atoms with Gasteiger partial charge in [-0.1, -0.05) is 35.4 Å². The maximum Gasteiger partial charge on any atom is 0.273 e. The molecule has 0 fully saturated rings. The number of hydrogen-bond acceptors (Lipinski definition) is 4. The number of carbonyl (C=O) groups excluding carboxylic acids is 1. The predicted molar refractivity (Wildman–Crippen MR) is 101 cm³/mol. The third kappa shape index (κ3) is 3.50. The van der Waals surface area contributed by atoms with E-state index in [1.807, 2.05) is 13.8 Å². The average molecular weight is 366 g/mol. The molecule has 0 radical (unpaired) electrons. The smallest absolute Gasteiger partial charge is 0.268 e. The fourth-order valence-corrected chi connectivity index (χ4v) is 3.88. The van der Waals surface area contributed by atoms with Crippen LogP contribution < -0.4 is 4.31 Å². The highest BCUT2D eigenvalue weighted by atomic mass is 32.2. The molecule has 2 aromatic carbocycles. The average Bonchev–Trinajstić information content (AvgIpc) is 2.64. The van der Waals surface area contributed by atoms with Gasteiger partial charge in [-0.25, -0.2) is 8.42 Å². The molecule has 26 heavy (non-hydrogen) atoms. The second-order valence-electron chi connectivity index (χ2n) is 5.96. The first kappa shape index (κ1) is 17.8. The number of nitrogens with zero attached hydrogens (tertiary/aromatic N) is 2. The Kier molecular flexibility index (Phi) is 4.86. The van der Waals surface area contributed by atoms with Crippen molar-refractivity contribution < 1.29 is 13.2 Å². The molecule has 0 spiro atoms. The number of sulfonamides is 1. The van der Waals surface area contributed by atoms with Crippen LogP contribution in [0, 0.1) is 13.8 Å². The molecule has 1 aromatic heterocycles. The van der Waals surface area contributed by atoms with Crippen LogP contribution in [-0.2, 0) is 10.0 Å². The minimum atomic E-state index is -4.08. The third-order valence-corrected chi connectivity index (χ3v) is 5.65. The van der Waals surface area contributed by atoms with Crippen LogP contribution in [0.15, 0.2) is 78.0 Å². The van der Waals surface area contributed by atoms with E-state index in [4.69, 9.17) is 0 Å². The fraction of sp³-hybridized carbons (Fsp3) is 0.100. The van der Waals surface area contributed by atoms with Crippen molar-refractivity contribution in [2.45, 2.75) is 18.7 Å². The Labute approximate surface area is 153 Å². The van der Waals surface area contributed by atoms with E-state index in [9.17, 15) is 13.2 Å². The van der Waals surface area contributed by atoms with Crippen molar-refractivity contribution in [3.8, 4) is 0 Å². The topological polar surface area (TPSA) is 67.3 Å². The summed E-state index contributed by atoms with van der Waals surface area (Å²) >= 11 is 0. The van der Waals surface area contributed by atoms with Gasteiger partial charge in [-0.3, -0.25) is 9.78 Å². The van der Waals surface area contributed by atoms with E-state index >= 15 is 0 Å². The van der Waals surface area contributed by atoms with Gasteiger partial charge in [0.15, 0.2) is 0 Å². The van der Waals surface area contributed by atoms with Crippen molar-refractivity contribution in [3.63, 3.8) is 0 Å². The van der Waals surface area contributed by atoms with E-state index in [1.165, 1.54) is 24.5 Å². The summed E-state index contributed by atoms with van der Waals surface area (Å²) in [6, 6.07) is 16.3. The first-order valence-electron chi connectivity index (χ1n) is 8.02. The van der Waals surface area contributed by atoms with Crippen LogP contribution in [0.1, 0.15) is 21.5 Å². The van der Waals surface area contributed by atoms with Crippen LogP contribution in [0.4, 0.5) is 5.69 Å². The summed E-state index contributed by atoms with van der Waals surface area (Å²) in [4.78, 5) is 17.0. The summed E-state index contributed by atoms with van der Waals surface area (Å²) in [5.41, 5.74) is 2.38. The van der Waals surface area contributed by atoms with Gasteiger partial charge in [0, 0.05) is 12.4 Å². The molecule has 0 unspecified atom stereocenters. The molecular formula is C20H18N2O3S. The molecule has 0 N–H and O–H groups in total. The normalized spacial score (nSPS) is 11.2. The Balaban J connectivity index is 2.15. The molecule has 3 aromatic rings. The minimum Gasteiger partial charge on any atom is -0.268 e. The highest BCUT2D eigenvalue weighted by molar-refractivity contribution is 7.93. The number of anilines is 1. The van der Waals surface area contributed by atoms with Crippen LogP contribution in [0.25, 0.3) is 0 Å². The van der Waals surface area contributed by atoms with Gasteiger partial charge in [-0.2, -0.15) is 4.31 Å². The van der Waals surface area contributed by atoms with Gasteiger partial charge in [-0.05, 0) is 50.2 Å². The number of hydrogen-bond donors (Lipinski definition) is 0. The molecule has 1 amide bonds. The lowest BCUT2D eigenvalue weighted by atomic mass is 10.2. The molecule has 0 bridgehead atoms. The number of pyridine rings is 1. The lowest BCUT2D eigenvalue weighted by Crippen LogP contribution is -2.37. The summed E-state index contributed by atoms with van der Waals surface area (Å²) < 4.78 is 27.3. The van der Waals surface area contributed by atoms with Crippen molar-refractivity contribution >= 4 is 21.6 Å². The van der Waals surface area contributed by atoms with Gasteiger partial charge in [0.1, 0.15) is 0 Å². The minimum absolute atomic E-state index is 0.0564.